The van der Waals surface area contributed by atoms with Gasteiger partial charge in [-0.3, -0.25) is 4.90 Å². The van der Waals surface area contributed by atoms with Gasteiger partial charge in [-0.1, -0.05) is 0 Å². The second kappa shape index (κ2) is 4.81. The van der Waals surface area contributed by atoms with Crippen molar-refractivity contribution in [1.82, 2.24) is 9.80 Å². The molecule has 2 atom stereocenters. The van der Waals surface area contributed by atoms with E-state index in [0.29, 0.717) is 12.6 Å². The van der Waals surface area contributed by atoms with Gasteiger partial charge in [-0.25, -0.2) is 0 Å². The summed E-state index contributed by atoms with van der Waals surface area (Å²) in [7, 11) is 0. The van der Waals surface area contributed by atoms with E-state index in [1.807, 2.05) is 0 Å². The summed E-state index contributed by atoms with van der Waals surface area (Å²) in [5.41, 5.74) is 0. The molecular weight excluding hydrogens is 188 g/mol. The van der Waals surface area contributed by atoms with Crippen LogP contribution in [0.3, 0.4) is 0 Å². The molecule has 3 heteroatoms. The number of aliphatic hydroxyl groups excluding tert-OH is 1. The Balaban J connectivity index is 1.90. The van der Waals surface area contributed by atoms with Gasteiger partial charge in [-0.05, 0) is 33.1 Å². The van der Waals surface area contributed by atoms with Crippen LogP contribution in [0, 0.1) is 0 Å². The minimum Gasteiger partial charge on any atom is -0.396 e. The predicted octanol–water partition coefficient (Wildman–Crippen LogP) is 0.926. The number of piperazine rings is 1. The number of nitrogens with zero attached hydrogens (tertiary/aromatic N) is 2. The average Bonchev–Trinajstić information content (AvgIpc) is 2.48. The molecule has 0 aromatic rings. The SMILES string of the molecule is CC(C)N1C2CCC1CN(CCCO)C2. The first-order valence-electron chi connectivity index (χ1n) is 6.33. The zero-order chi connectivity index (χ0) is 10.8. The Morgan fingerprint density at radius 3 is 2.27 bits per heavy atom. The lowest BCUT2D eigenvalue weighted by atomic mass is 10.1. The van der Waals surface area contributed by atoms with Crippen molar-refractivity contribution in [1.29, 1.82) is 0 Å². The van der Waals surface area contributed by atoms with Gasteiger partial charge in [0.05, 0.1) is 0 Å². The molecule has 0 spiro atoms. The summed E-state index contributed by atoms with van der Waals surface area (Å²) >= 11 is 0. The number of hydrogen-bond donors (Lipinski definition) is 1. The first kappa shape index (κ1) is 11.4. The lowest BCUT2D eigenvalue weighted by Gasteiger charge is -2.43. The number of rotatable bonds is 4. The van der Waals surface area contributed by atoms with E-state index in [-0.39, 0.29) is 0 Å². The summed E-state index contributed by atoms with van der Waals surface area (Å²) in [6, 6.07) is 2.26. The van der Waals surface area contributed by atoms with E-state index < -0.39 is 0 Å². The van der Waals surface area contributed by atoms with Crippen molar-refractivity contribution in [2.45, 2.75) is 51.2 Å². The van der Waals surface area contributed by atoms with Crippen molar-refractivity contribution in [3.8, 4) is 0 Å². The minimum atomic E-state index is 0.333. The smallest absolute Gasteiger partial charge is 0.0443 e. The highest BCUT2D eigenvalue weighted by molar-refractivity contribution is 4.96. The molecule has 0 saturated carbocycles. The molecular formula is C12H24N2O. The van der Waals surface area contributed by atoms with E-state index in [1.165, 1.54) is 25.9 Å². The van der Waals surface area contributed by atoms with E-state index >= 15 is 0 Å². The van der Waals surface area contributed by atoms with Gasteiger partial charge in [0.15, 0.2) is 0 Å². The molecule has 2 fully saturated rings. The van der Waals surface area contributed by atoms with Crippen LogP contribution in [0.4, 0.5) is 0 Å². The van der Waals surface area contributed by atoms with Crippen molar-refractivity contribution in [3.05, 3.63) is 0 Å². The molecule has 2 rings (SSSR count). The summed E-state index contributed by atoms with van der Waals surface area (Å²) in [6.45, 7) is 8.47. The Kier molecular flexibility index (Phi) is 3.65. The normalized spacial score (nSPS) is 32.8. The van der Waals surface area contributed by atoms with Gasteiger partial charge in [0, 0.05) is 44.4 Å². The van der Waals surface area contributed by atoms with Gasteiger partial charge >= 0.3 is 0 Å². The fourth-order valence-electron chi connectivity index (χ4n) is 3.34. The highest BCUT2D eigenvalue weighted by Gasteiger charge is 2.40. The van der Waals surface area contributed by atoms with E-state index in [9.17, 15) is 0 Å². The third-order valence-electron chi connectivity index (χ3n) is 3.84. The summed E-state index contributed by atoms with van der Waals surface area (Å²) in [5, 5.41) is 8.85. The molecule has 0 amide bonds. The van der Waals surface area contributed by atoms with Crippen LogP contribution in [-0.2, 0) is 0 Å². The Morgan fingerprint density at radius 1 is 1.20 bits per heavy atom. The van der Waals surface area contributed by atoms with Crippen LogP contribution in [0.5, 0.6) is 0 Å². The number of fused-ring (bicyclic) bond motifs is 2. The molecule has 15 heavy (non-hydrogen) atoms. The average molecular weight is 212 g/mol. The highest BCUT2D eigenvalue weighted by atomic mass is 16.3. The van der Waals surface area contributed by atoms with Crippen LogP contribution in [0.2, 0.25) is 0 Å². The Labute approximate surface area is 93.1 Å². The molecule has 0 aromatic carbocycles. The summed E-state index contributed by atoms with van der Waals surface area (Å²) < 4.78 is 0. The van der Waals surface area contributed by atoms with Crippen LogP contribution in [0.15, 0.2) is 0 Å². The van der Waals surface area contributed by atoms with Gasteiger partial charge in [0.1, 0.15) is 0 Å². The lowest BCUT2D eigenvalue weighted by molar-refractivity contribution is 0.0411. The molecule has 1 N–H and O–H groups in total. The predicted molar refractivity (Wildman–Crippen MR) is 61.9 cm³/mol. The van der Waals surface area contributed by atoms with Crippen LogP contribution in [0.1, 0.15) is 33.1 Å². The number of aliphatic hydroxyl groups is 1. The summed E-state index contributed by atoms with van der Waals surface area (Å²) in [6.07, 6.45) is 3.68. The molecule has 3 nitrogen and oxygen atoms in total. The van der Waals surface area contributed by atoms with E-state index in [0.717, 1.165) is 25.0 Å². The quantitative estimate of drug-likeness (QED) is 0.751. The topological polar surface area (TPSA) is 26.7 Å². The second-order valence-corrected chi connectivity index (χ2v) is 5.26. The van der Waals surface area contributed by atoms with Gasteiger partial charge in [-0.15, -0.1) is 0 Å². The van der Waals surface area contributed by atoms with Gasteiger partial charge in [-0.2, -0.15) is 0 Å². The fourth-order valence-corrected chi connectivity index (χ4v) is 3.34. The number of likely N-dealkylation sites (tertiary alicyclic amines) is 1. The third-order valence-corrected chi connectivity index (χ3v) is 3.84. The van der Waals surface area contributed by atoms with Crippen molar-refractivity contribution in [2.75, 3.05) is 26.2 Å². The molecule has 2 aliphatic rings. The van der Waals surface area contributed by atoms with Crippen molar-refractivity contribution < 1.29 is 5.11 Å². The van der Waals surface area contributed by atoms with Crippen molar-refractivity contribution in [3.63, 3.8) is 0 Å². The van der Waals surface area contributed by atoms with Gasteiger partial charge in [0.2, 0.25) is 0 Å². The van der Waals surface area contributed by atoms with E-state index in [1.54, 1.807) is 0 Å². The molecule has 2 bridgehead atoms. The monoisotopic (exact) mass is 212 g/mol. The van der Waals surface area contributed by atoms with Crippen LogP contribution in [-0.4, -0.2) is 59.3 Å². The standard InChI is InChI=1S/C12H24N2O/c1-10(2)14-11-4-5-12(14)9-13(8-11)6-3-7-15/h10-12,15H,3-9H2,1-2H3. The summed E-state index contributed by atoms with van der Waals surface area (Å²) in [5.74, 6) is 0. The largest absolute Gasteiger partial charge is 0.396 e. The first-order chi connectivity index (χ1) is 7.22. The molecule has 2 unspecified atom stereocenters. The molecule has 2 aliphatic heterocycles. The molecule has 0 aromatic heterocycles. The van der Waals surface area contributed by atoms with Crippen molar-refractivity contribution >= 4 is 0 Å². The van der Waals surface area contributed by atoms with E-state index in [2.05, 4.69) is 23.6 Å². The maximum Gasteiger partial charge on any atom is 0.0443 e. The van der Waals surface area contributed by atoms with Crippen LogP contribution in [0.25, 0.3) is 0 Å². The zero-order valence-corrected chi connectivity index (χ0v) is 10.0. The molecule has 0 aliphatic carbocycles. The fraction of sp³-hybridized carbons (Fsp3) is 1.00. The lowest BCUT2D eigenvalue weighted by Crippen LogP contribution is -2.56. The zero-order valence-electron chi connectivity index (χ0n) is 10.0. The molecule has 0 radical (unpaired) electrons. The minimum absolute atomic E-state index is 0.333. The number of hydrogen-bond acceptors (Lipinski definition) is 3. The van der Waals surface area contributed by atoms with E-state index in [4.69, 9.17) is 5.11 Å². The highest BCUT2D eigenvalue weighted by Crippen LogP contribution is 2.31. The van der Waals surface area contributed by atoms with Gasteiger partial charge < -0.3 is 10.0 Å². The van der Waals surface area contributed by atoms with Crippen LogP contribution < -0.4 is 0 Å². The van der Waals surface area contributed by atoms with Gasteiger partial charge in [0.25, 0.3) is 0 Å². The molecule has 2 heterocycles. The van der Waals surface area contributed by atoms with Crippen LogP contribution >= 0.6 is 0 Å². The second-order valence-electron chi connectivity index (χ2n) is 5.26. The molecule has 2 saturated heterocycles. The maximum atomic E-state index is 8.85. The van der Waals surface area contributed by atoms with Crippen molar-refractivity contribution in [2.24, 2.45) is 0 Å². The molecule has 88 valence electrons. The summed E-state index contributed by atoms with van der Waals surface area (Å²) in [4.78, 5) is 5.24. The third kappa shape index (κ3) is 2.35. The first-order valence-corrected chi connectivity index (χ1v) is 6.33. The Bertz CT molecular complexity index is 194. The Morgan fingerprint density at radius 2 is 1.80 bits per heavy atom. The Hall–Kier alpha value is -0.120. The maximum absolute atomic E-state index is 8.85.